The maximum Gasteiger partial charge on any atom is 0.242 e. The molecule has 1 saturated heterocycles. The lowest BCUT2D eigenvalue weighted by Crippen LogP contribution is -2.51. The molecular formula is C23H25N5O. The summed E-state index contributed by atoms with van der Waals surface area (Å²) >= 11 is 0. The molecule has 0 spiro atoms. The van der Waals surface area contributed by atoms with Crippen molar-refractivity contribution in [3.8, 4) is 0 Å². The average Bonchev–Trinajstić information content (AvgIpc) is 2.80. The fourth-order valence-electron chi connectivity index (χ4n) is 3.55. The molecule has 0 aliphatic carbocycles. The van der Waals surface area contributed by atoms with Gasteiger partial charge in [-0.15, -0.1) is 0 Å². The van der Waals surface area contributed by atoms with Gasteiger partial charge in [-0.1, -0.05) is 48.5 Å². The van der Waals surface area contributed by atoms with Crippen molar-refractivity contribution in [2.75, 3.05) is 42.5 Å². The molecule has 0 saturated carbocycles. The molecule has 1 fully saturated rings. The number of anilines is 2. The lowest BCUT2D eigenvalue weighted by molar-refractivity contribution is -0.130. The van der Waals surface area contributed by atoms with E-state index in [4.69, 9.17) is 0 Å². The molecular weight excluding hydrogens is 362 g/mol. The Hall–Kier alpha value is -3.41. The molecule has 29 heavy (non-hydrogen) atoms. The summed E-state index contributed by atoms with van der Waals surface area (Å²) in [6.45, 7) is 3.94. The third-order valence-corrected chi connectivity index (χ3v) is 5.13. The first-order chi connectivity index (χ1) is 14.3. The minimum Gasteiger partial charge on any atom is -0.358 e. The van der Waals surface area contributed by atoms with E-state index in [0.29, 0.717) is 26.2 Å². The fraction of sp³-hybridized carbons (Fsp3) is 0.261. The van der Waals surface area contributed by atoms with Crippen molar-refractivity contribution < 1.29 is 4.79 Å². The van der Waals surface area contributed by atoms with E-state index in [1.165, 1.54) is 5.56 Å². The maximum atomic E-state index is 13.0. The Morgan fingerprint density at radius 1 is 0.828 bits per heavy atom. The minimum atomic E-state index is 0.151. The highest BCUT2D eigenvalue weighted by atomic mass is 16.2. The molecule has 0 atom stereocenters. The van der Waals surface area contributed by atoms with Gasteiger partial charge in [-0.25, -0.2) is 9.97 Å². The van der Waals surface area contributed by atoms with Crippen LogP contribution in [0.5, 0.6) is 0 Å². The molecule has 6 nitrogen and oxygen atoms in total. The Bertz CT molecular complexity index is 896. The number of hydrogen-bond acceptors (Lipinski definition) is 5. The number of piperazine rings is 1. The van der Waals surface area contributed by atoms with Crippen LogP contribution >= 0.6 is 0 Å². The summed E-state index contributed by atoms with van der Waals surface area (Å²) in [6.07, 6.45) is 3.50. The maximum absolute atomic E-state index is 13.0. The van der Waals surface area contributed by atoms with Gasteiger partial charge >= 0.3 is 0 Å². The van der Waals surface area contributed by atoms with Crippen LogP contribution in [0.1, 0.15) is 5.56 Å². The van der Waals surface area contributed by atoms with Crippen LogP contribution in [-0.4, -0.2) is 53.5 Å². The van der Waals surface area contributed by atoms with Gasteiger partial charge in [0.25, 0.3) is 0 Å². The number of aromatic nitrogens is 2. The summed E-state index contributed by atoms with van der Waals surface area (Å²) in [5.74, 6) is 0.882. The molecule has 2 aromatic carbocycles. The quantitative estimate of drug-likeness (QED) is 0.651. The molecule has 0 N–H and O–H groups in total. The Kier molecular flexibility index (Phi) is 6.00. The summed E-state index contributed by atoms with van der Waals surface area (Å²) in [7, 11) is 0. The fourth-order valence-corrected chi connectivity index (χ4v) is 3.55. The molecule has 0 radical (unpaired) electrons. The second-order valence-corrected chi connectivity index (χ2v) is 7.09. The van der Waals surface area contributed by atoms with Crippen molar-refractivity contribution in [2.24, 2.45) is 0 Å². The number of carbonyl (C=O) groups is 1. The molecule has 1 aliphatic rings. The Morgan fingerprint density at radius 3 is 2.10 bits per heavy atom. The van der Waals surface area contributed by atoms with Gasteiger partial charge in [-0.2, -0.15) is 0 Å². The number of hydrogen-bond donors (Lipinski definition) is 0. The molecule has 2 heterocycles. The van der Waals surface area contributed by atoms with Crippen molar-refractivity contribution in [2.45, 2.75) is 6.54 Å². The van der Waals surface area contributed by atoms with Gasteiger partial charge in [0.1, 0.15) is 0 Å². The summed E-state index contributed by atoms with van der Waals surface area (Å²) in [5.41, 5.74) is 2.25. The normalized spacial score (nSPS) is 13.9. The van der Waals surface area contributed by atoms with Gasteiger partial charge in [0.2, 0.25) is 11.9 Å². The third-order valence-electron chi connectivity index (χ3n) is 5.13. The van der Waals surface area contributed by atoms with Crippen LogP contribution in [0.3, 0.4) is 0 Å². The van der Waals surface area contributed by atoms with Crippen LogP contribution in [0.4, 0.5) is 11.6 Å². The Labute approximate surface area is 171 Å². The van der Waals surface area contributed by atoms with E-state index in [-0.39, 0.29) is 5.91 Å². The first-order valence-corrected chi connectivity index (χ1v) is 9.93. The standard InChI is InChI=1S/C23H25N5O/c29-22(26-14-16-27(17-15-26)23-24-12-7-13-25-23)19-28(21-10-5-2-6-11-21)18-20-8-3-1-4-9-20/h1-13H,14-19H2. The van der Waals surface area contributed by atoms with E-state index in [1.54, 1.807) is 12.4 Å². The van der Waals surface area contributed by atoms with Crippen molar-refractivity contribution in [1.82, 2.24) is 14.9 Å². The van der Waals surface area contributed by atoms with Gasteiger partial charge in [-0.3, -0.25) is 4.79 Å². The Balaban J connectivity index is 1.40. The van der Waals surface area contributed by atoms with E-state index in [1.807, 2.05) is 47.4 Å². The van der Waals surface area contributed by atoms with Crippen molar-refractivity contribution in [1.29, 1.82) is 0 Å². The van der Waals surface area contributed by atoms with E-state index in [0.717, 1.165) is 24.7 Å². The Morgan fingerprint density at radius 2 is 1.45 bits per heavy atom. The molecule has 0 bridgehead atoms. The lowest BCUT2D eigenvalue weighted by Gasteiger charge is -2.36. The van der Waals surface area contributed by atoms with E-state index in [9.17, 15) is 4.79 Å². The molecule has 1 aliphatic heterocycles. The number of benzene rings is 2. The van der Waals surface area contributed by atoms with Crippen LogP contribution in [0.2, 0.25) is 0 Å². The first kappa shape index (κ1) is 18.9. The number of para-hydroxylation sites is 1. The average molecular weight is 387 g/mol. The summed E-state index contributed by atoms with van der Waals surface area (Å²) < 4.78 is 0. The largest absolute Gasteiger partial charge is 0.358 e. The van der Waals surface area contributed by atoms with E-state index in [2.05, 4.69) is 44.0 Å². The predicted octanol–water partition coefficient (Wildman–Crippen LogP) is 2.83. The number of rotatable bonds is 6. The van der Waals surface area contributed by atoms with Gasteiger partial charge < -0.3 is 14.7 Å². The molecule has 0 unspecified atom stereocenters. The SMILES string of the molecule is O=C(CN(Cc1ccccc1)c1ccccc1)N1CCN(c2ncccn2)CC1. The van der Waals surface area contributed by atoms with Crippen molar-refractivity contribution in [3.63, 3.8) is 0 Å². The topological polar surface area (TPSA) is 52.6 Å². The van der Waals surface area contributed by atoms with Crippen LogP contribution in [0, 0.1) is 0 Å². The number of amides is 1. The molecule has 4 rings (SSSR count). The molecule has 3 aromatic rings. The number of nitrogens with zero attached hydrogens (tertiary/aromatic N) is 5. The zero-order chi connectivity index (χ0) is 19.9. The number of carbonyl (C=O) groups excluding carboxylic acids is 1. The lowest BCUT2D eigenvalue weighted by atomic mass is 10.2. The van der Waals surface area contributed by atoms with Gasteiger partial charge in [0.05, 0.1) is 6.54 Å². The summed E-state index contributed by atoms with van der Waals surface area (Å²) in [4.78, 5) is 27.9. The molecule has 1 amide bonds. The third kappa shape index (κ3) is 4.90. The monoisotopic (exact) mass is 387 g/mol. The zero-order valence-corrected chi connectivity index (χ0v) is 16.4. The van der Waals surface area contributed by atoms with E-state index < -0.39 is 0 Å². The van der Waals surface area contributed by atoms with Crippen LogP contribution < -0.4 is 9.80 Å². The highest BCUT2D eigenvalue weighted by molar-refractivity contribution is 5.81. The highest BCUT2D eigenvalue weighted by Gasteiger charge is 2.24. The molecule has 6 heteroatoms. The van der Waals surface area contributed by atoms with Crippen LogP contribution in [-0.2, 0) is 11.3 Å². The zero-order valence-electron chi connectivity index (χ0n) is 16.4. The minimum absolute atomic E-state index is 0.151. The van der Waals surface area contributed by atoms with Crippen molar-refractivity contribution >= 4 is 17.5 Å². The highest BCUT2D eigenvalue weighted by Crippen LogP contribution is 2.18. The van der Waals surface area contributed by atoms with Crippen LogP contribution in [0.15, 0.2) is 79.1 Å². The first-order valence-electron chi connectivity index (χ1n) is 9.93. The van der Waals surface area contributed by atoms with Crippen LogP contribution in [0.25, 0.3) is 0 Å². The molecule has 1 aromatic heterocycles. The van der Waals surface area contributed by atoms with Crippen molar-refractivity contribution in [3.05, 3.63) is 84.7 Å². The van der Waals surface area contributed by atoms with Gasteiger partial charge in [-0.05, 0) is 23.8 Å². The van der Waals surface area contributed by atoms with E-state index >= 15 is 0 Å². The molecule has 148 valence electrons. The van der Waals surface area contributed by atoms with Gasteiger partial charge in [0.15, 0.2) is 0 Å². The predicted molar refractivity (Wildman–Crippen MR) is 115 cm³/mol. The summed E-state index contributed by atoms with van der Waals surface area (Å²) in [6, 6.07) is 22.2. The smallest absolute Gasteiger partial charge is 0.242 e. The second kappa shape index (κ2) is 9.19. The summed E-state index contributed by atoms with van der Waals surface area (Å²) in [5, 5.41) is 0. The second-order valence-electron chi connectivity index (χ2n) is 7.09. The van der Waals surface area contributed by atoms with Gasteiger partial charge in [0, 0.05) is 50.8 Å².